The molecule has 0 radical (unpaired) electrons. The maximum atomic E-state index is 13.0. The number of carbonyl (C=O) groups excluding carboxylic acids is 2. The number of benzene rings is 2. The lowest BCUT2D eigenvalue weighted by Crippen LogP contribution is -3.17. The molecular weight excluding hydrogens is 328 g/mol. The molecule has 2 aromatic carbocycles. The van der Waals surface area contributed by atoms with Crippen molar-refractivity contribution in [3.63, 3.8) is 0 Å². The maximum Gasteiger partial charge on any atom is 0.365 e. The molecule has 0 bridgehead atoms. The Morgan fingerprint density at radius 1 is 1.08 bits per heavy atom. The van der Waals surface area contributed by atoms with Crippen molar-refractivity contribution >= 4 is 17.6 Å². The fourth-order valence-corrected chi connectivity index (χ4v) is 4.13. The van der Waals surface area contributed by atoms with E-state index in [2.05, 4.69) is 18.2 Å². The maximum absolute atomic E-state index is 13.0. The van der Waals surface area contributed by atoms with E-state index in [0.29, 0.717) is 26.1 Å². The van der Waals surface area contributed by atoms with Crippen LogP contribution in [0, 0.1) is 0 Å². The minimum Gasteiger partial charge on any atom is -0.465 e. The summed E-state index contributed by atoms with van der Waals surface area (Å²) in [6.07, 6.45) is 1.50. The van der Waals surface area contributed by atoms with Crippen molar-refractivity contribution in [2.45, 2.75) is 25.4 Å². The highest BCUT2D eigenvalue weighted by atomic mass is 16.5. The first-order valence-corrected chi connectivity index (χ1v) is 9.05. The number of methoxy groups -OCH3 is 1. The minimum atomic E-state index is -0.336. The van der Waals surface area contributed by atoms with Crippen LogP contribution in [0.3, 0.4) is 0 Å². The summed E-state index contributed by atoms with van der Waals surface area (Å²) in [6, 6.07) is 15.8. The molecule has 2 aliphatic heterocycles. The molecule has 0 saturated carbocycles. The number of esters is 1. The highest BCUT2D eigenvalue weighted by Crippen LogP contribution is 2.27. The number of amides is 1. The van der Waals surface area contributed by atoms with Gasteiger partial charge in [0.2, 0.25) is 0 Å². The zero-order chi connectivity index (χ0) is 18.1. The zero-order valence-corrected chi connectivity index (χ0v) is 14.9. The molecule has 5 nitrogen and oxygen atoms in total. The Bertz CT molecular complexity index is 849. The number of anilines is 1. The first-order chi connectivity index (χ1) is 12.7. The molecule has 1 unspecified atom stereocenters. The number of quaternary nitrogens is 1. The van der Waals surface area contributed by atoms with Crippen LogP contribution in [-0.4, -0.2) is 38.1 Å². The standard InChI is InChI=1S/C21H22N2O3/c1-26-21(25)19-12-16-7-2-3-8-17(16)13-22(19)14-20(24)23-11-10-15-6-4-5-9-18(15)23/h2-9,19H,10-14H2,1H3/p+1/t19-/m0/s1. The van der Waals surface area contributed by atoms with Gasteiger partial charge in [0.05, 0.1) is 7.11 Å². The number of nitrogens with zero attached hydrogens (tertiary/aromatic N) is 1. The smallest absolute Gasteiger partial charge is 0.365 e. The molecule has 0 aromatic heterocycles. The van der Waals surface area contributed by atoms with Crippen molar-refractivity contribution in [3.05, 3.63) is 65.2 Å². The number of carbonyl (C=O) groups is 2. The lowest BCUT2D eigenvalue weighted by molar-refractivity contribution is -0.924. The van der Waals surface area contributed by atoms with E-state index in [1.54, 1.807) is 0 Å². The number of hydrogen-bond donors (Lipinski definition) is 1. The topological polar surface area (TPSA) is 51.1 Å². The van der Waals surface area contributed by atoms with E-state index in [4.69, 9.17) is 4.74 Å². The average molecular weight is 351 g/mol. The van der Waals surface area contributed by atoms with Gasteiger partial charge < -0.3 is 14.5 Å². The van der Waals surface area contributed by atoms with Gasteiger partial charge in [-0.25, -0.2) is 4.79 Å². The third kappa shape index (κ3) is 2.99. The molecule has 1 N–H and O–H groups in total. The van der Waals surface area contributed by atoms with E-state index in [-0.39, 0.29) is 17.9 Å². The van der Waals surface area contributed by atoms with Gasteiger partial charge in [-0.3, -0.25) is 4.79 Å². The summed E-state index contributed by atoms with van der Waals surface area (Å²) in [5.41, 5.74) is 4.59. The van der Waals surface area contributed by atoms with Crippen LogP contribution in [0.4, 0.5) is 5.69 Å². The van der Waals surface area contributed by atoms with Crippen LogP contribution in [0.15, 0.2) is 48.5 Å². The summed E-state index contributed by atoms with van der Waals surface area (Å²) < 4.78 is 5.01. The van der Waals surface area contributed by atoms with Crippen LogP contribution in [0.1, 0.15) is 16.7 Å². The van der Waals surface area contributed by atoms with Crippen molar-refractivity contribution in [3.8, 4) is 0 Å². The number of para-hydroxylation sites is 1. The molecular formula is C21H23N2O3+. The van der Waals surface area contributed by atoms with Gasteiger partial charge in [0, 0.05) is 24.2 Å². The third-order valence-corrected chi connectivity index (χ3v) is 5.50. The lowest BCUT2D eigenvalue weighted by Gasteiger charge is -2.32. The van der Waals surface area contributed by atoms with Crippen molar-refractivity contribution in [2.24, 2.45) is 0 Å². The Morgan fingerprint density at radius 3 is 2.54 bits per heavy atom. The number of ether oxygens (including phenoxy) is 1. The highest BCUT2D eigenvalue weighted by molar-refractivity contribution is 5.96. The largest absolute Gasteiger partial charge is 0.465 e. The fourth-order valence-electron chi connectivity index (χ4n) is 4.13. The predicted octanol–water partition coefficient (Wildman–Crippen LogP) is 0.759. The molecule has 1 amide bonds. The van der Waals surface area contributed by atoms with E-state index >= 15 is 0 Å². The molecule has 0 spiro atoms. The molecule has 26 heavy (non-hydrogen) atoms. The number of nitrogens with one attached hydrogen (secondary N) is 1. The summed E-state index contributed by atoms with van der Waals surface area (Å²) in [5, 5.41) is 0. The monoisotopic (exact) mass is 351 g/mol. The first kappa shape index (κ1) is 16.8. The number of rotatable bonds is 3. The van der Waals surface area contributed by atoms with Crippen LogP contribution < -0.4 is 9.80 Å². The highest BCUT2D eigenvalue weighted by Gasteiger charge is 2.38. The van der Waals surface area contributed by atoms with Crippen molar-refractivity contribution in [2.75, 3.05) is 25.1 Å². The minimum absolute atomic E-state index is 0.0678. The van der Waals surface area contributed by atoms with Crippen LogP contribution in [0.25, 0.3) is 0 Å². The summed E-state index contributed by atoms with van der Waals surface area (Å²) in [5.74, 6) is -0.178. The second kappa shape index (κ2) is 6.92. The lowest BCUT2D eigenvalue weighted by atomic mass is 9.94. The molecule has 2 aromatic rings. The summed E-state index contributed by atoms with van der Waals surface area (Å²) >= 11 is 0. The normalized spacial score (nSPS) is 21.0. The van der Waals surface area contributed by atoms with Gasteiger partial charge in [0.15, 0.2) is 12.6 Å². The van der Waals surface area contributed by atoms with E-state index in [9.17, 15) is 9.59 Å². The molecule has 2 aliphatic rings. The Hall–Kier alpha value is -2.66. The van der Waals surface area contributed by atoms with Crippen molar-refractivity contribution in [1.29, 1.82) is 0 Å². The predicted molar refractivity (Wildman–Crippen MR) is 98.0 cm³/mol. The molecule has 0 saturated heterocycles. The Kier molecular flexibility index (Phi) is 4.47. The van der Waals surface area contributed by atoms with Crippen LogP contribution in [-0.2, 0) is 33.7 Å². The van der Waals surface area contributed by atoms with Gasteiger partial charge in [0.25, 0.3) is 5.91 Å². The Labute approximate surface area is 153 Å². The van der Waals surface area contributed by atoms with Crippen LogP contribution >= 0.6 is 0 Å². The summed E-state index contributed by atoms with van der Waals surface area (Å²) in [6.45, 7) is 1.67. The molecule has 2 atom stereocenters. The molecule has 0 aliphatic carbocycles. The van der Waals surface area contributed by atoms with Crippen molar-refractivity contribution in [1.82, 2.24) is 0 Å². The zero-order valence-electron chi connectivity index (χ0n) is 14.9. The van der Waals surface area contributed by atoms with Crippen LogP contribution in [0.2, 0.25) is 0 Å². The SMILES string of the molecule is COC(=O)[C@@H]1Cc2ccccc2C[NH+]1CC(=O)N1CCc2ccccc21. The van der Waals surface area contributed by atoms with E-state index in [1.165, 1.54) is 23.8 Å². The fraction of sp³-hybridized carbons (Fsp3) is 0.333. The van der Waals surface area contributed by atoms with Gasteiger partial charge in [-0.05, 0) is 23.6 Å². The van der Waals surface area contributed by atoms with Gasteiger partial charge in [-0.2, -0.15) is 0 Å². The summed E-state index contributed by atoms with van der Waals surface area (Å²) in [4.78, 5) is 28.1. The molecule has 2 heterocycles. The van der Waals surface area contributed by atoms with Gasteiger partial charge in [0.1, 0.15) is 6.54 Å². The number of fused-ring (bicyclic) bond motifs is 2. The average Bonchev–Trinajstić information content (AvgIpc) is 3.11. The van der Waals surface area contributed by atoms with Crippen molar-refractivity contribution < 1.29 is 19.2 Å². The quantitative estimate of drug-likeness (QED) is 0.831. The second-order valence-electron chi connectivity index (χ2n) is 6.98. The first-order valence-electron chi connectivity index (χ1n) is 9.05. The summed E-state index contributed by atoms with van der Waals surface area (Å²) in [7, 11) is 1.42. The van der Waals surface area contributed by atoms with E-state index in [1.807, 2.05) is 35.2 Å². The molecule has 0 fully saturated rings. The molecule has 134 valence electrons. The van der Waals surface area contributed by atoms with E-state index in [0.717, 1.165) is 17.0 Å². The third-order valence-electron chi connectivity index (χ3n) is 5.50. The van der Waals surface area contributed by atoms with Crippen LogP contribution in [0.5, 0.6) is 0 Å². The van der Waals surface area contributed by atoms with Gasteiger partial charge in [-0.1, -0.05) is 42.5 Å². The van der Waals surface area contributed by atoms with Gasteiger partial charge >= 0.3 is 5.97 Å². The van der Waals surface area contributed by atoms with Gasteiger partial charge in [-0.15, -0.1) is 0 Å². The molecule has 5 heteroatoms. The Morgan fingerprint density at radius 2 is 1.77 bits per heavy atom. The Balaban J connectivity index is 1.56. The van der Waals surface area contributed by atoms with E-state index < -0.39 is 0 Å². The number of hydrogen-bond acceptors (Lipinski definition) is 3. The second-order valence-corrected chi connectivity index (χ2v) is 6.98. The molecule has 4 rings (SSSR count).